The summed E-state index contributed by atoms with van der Waals surface area (Å²) in [7, 11) is 0. The van der Waals surface area contributed by atoms with Gasteiger partial charge in [0.2, 0.25) is 0 Å². The van der Waals surface area contributed by atoms with Crippen LogP contribution in [0.5, 0.6) is 0 Å². The van der Waals surface area contributed by atoms with Crippen LogP contribution in [0, 0.1) is 5.82 Å². The monoisotopic (exact) mass is 439 g/mol. The Labute approximate surface area is 193 Å². The molecule has 1 N–H and O–H groups in total. The number of nitrogens with zero attached hydrogens (tertiary/aromatic N) is 2. The third-order valence-electron chi connectivity index (χ3n) is 6.34. The van der Waals surface area contributed by atoms with Crippen molar-refractivity contribution in [2.75, 3.05) is 0 Å². The molecule has 4 aromatic rings. The SMILES string of the molecule is O=C(N[C@H](Cc1ccccc1)c1ccccc1)c1cn2c(n1)CC[C@H](c1cccc(F)c1)C2. The third kappa shape index (κ3) is 4.87. The van der Waals surface area contributed by atoms with Crippen LogP contribution in [0.4, 0.5) is 4.39 Å². The number of hydrogen-bond acceptors (Lipinski definition) is 2. The van der Waals surface area contributed by atoms with Gasteiger partial charge < -0.3 is 9.88 Å². The number of nitrogens with one attached hydrogen (secondary N) is 1. The van der Waals surface area contributed by atoms with E-state index in [-0.39, 0.29) is 23.7 Å². The van der Waals surface area contributed by atoms with Crippen LogP contribution >= 0.6 is 0 Å². The number of rotatable bonds is 6. The molecule has 33 heavy (non-hydrogen) atoms. The normalized spacial score (nSPS) is 16.1. The summed E-state index contributed by atoms with van der Waals surface area (Å²) in [5, 5.41) is 3.19. The molecule has 166 valence electrons. The van der Waals surface area contributed by atoms with Gasteiger partial charge in [0.25, 0.3) is 5.91 Å². The van der Waals surface area contributed by atoms with Crippen molar-refractivity contribution in [3.63, 3.8) is 0 Å². The first kappa shape index (κ1) is 21.1. The molecule has 1 aromatic heterocycles. The quantitative estimate of drug-likeness (QED) is 0.433. The minimum Gasteiger partial charge on any atom is -0.344 e. The summed E-state index contributed by atoms with van der Waals surface area (Å²) >= 11 is 0. The minimum absolute atomic E-state index is 0.153. The summed E-state index contributed by atoms with van der Waals surface area (Å²) in [6.07, 6.45) is 4.19. The number of benzene rings is 3. The molecule has 3 aromatic carbocycles. The Balaban J connectivity index is 1.34. The first-order valence-electron chi connectivity index (χ1n) is 11.4. The summed E-state index contributed by atoms with van der Waals surface area (Å²) in [5.74, 6) is 0.735. The van der Waals surface area contributed by atoms with Crippen molar-refractivity contribution in [3.8, 4) is 0 Å². The number of aromatic nitrogens is 2. The van der Waals surface area contributed by atoms with Gasteiger partial charge in [0.15, 0.2) is 0 Å². The van der Waals surface area contributed by atoms with Gasteiger partial charge in [-0.05, 0) is 41.7 Å². The van der Waals surface area contributed by atoms with E-state index >= 15 is 0 Å². The zero-order valence-electron chi connectivity index (χ0n) is 18.3. The standard InChI is InChI=1S/C28H26FN3O/c29-24-13-7-12-22(17-24)23-14-15-27-30-26(19-32(27)18-23)28(33)31-25(21-10-5-2-6-11-21)16-20-8-3-1-4-9-20/h1-13,17,19,23,25H,14-16,18H2,(H,31,33)/t23-,25+/m0/s1. The van der Waals surface area contributed by atoms with Gasteiger partial charge in [-0.15, -0.1) is 0 Å². The smallest absolute Gasteiger partial charge is 0.271 e. The van der Waals surface area contributed by atoms with Gasteiger partial charge in [-0.25, -0.2) is 9.37 Å². The number of fused-ring (bicyclic) bond motifs is 1. The highest BCUT2D eigenvalue weighted by Crippen LogP contribution is 2.29. The lowest BCUT2D eigenvalue weighted by atomic mass is 9.91. The molecule has 5 heteroatoms. The van der Waals surface area contributed by atoms with Crippen LogP contribution < -0.4 is 5.32 Å². The molecule has 0 saturated heterocycles. The van der Waals surface area contributed by atoms with E-state index < -0.39 is 0 Å². The lowest BCUT2D eigenvalue weighted by molar-refractivity contribution is 0.0931. The van der Waals surface area contributed by atoms with Crippen LogP contribution in [0.1, 0.15) is 51.4 Å². The second kappa shape index (κ2) is 9.41. The fraction of sp³-hybridized carbons (Fsp3) is 0.214. The molecule has 1 aliphatic rings. The molecule has 1 aliphatic heterocycles. The van der Waals surface area contributed by atoms with Gasteiger partial charge >= 0.3 is 0 Å². The summed E-state index contributed by atoms with van der Waals surface area (Å²) in [4.78, 5) is 17.8. The average Bonchev–Trinajstić information content (AvgIpc) is 3.28. The second-order valence-electron chi connectivity index (χ2n) is 8.61. The number of carbonyl (C=O) groups excluding carboxylic acids is 1. The fourth-order valence-corrected chi connectivity index (χ4v) is 4.61. The molecule has 0 bridgehead atoms. The summed E-state index contributed by atoms with van der Waals surface area (Å²) in [6.45, 7) is 0.700. The van der Waals surface area contributed by atoms with Gasteiger partial charge in [0, 0.05) is 25.1 Å². The van der Waals surface area contributed by atoms with E-state index in [1.54, 1.807) is 12.1 Å². The Morgan fingerprint density at radius 3 is 2.55 bits per heavy atom. The number of hydrogen-bond donors (Lipinski definition) is 1. The number of carbonyl (C=O) groups is 1. The topological polar surface area (TPSA) is 46.9 Å². The Bertz CT molecular complexity index is 1240. The van der Waals surface area contributed by atoms with E-state index in [0.29, 0.717) is 18.7 Å². The van der Waals surface area contributed by atoms with Crippen molar-refractivity contribution in [3.05, 3.63) is 125 Å². The molecular weight excluding hydrogens is 413 g/mol. The number of imidazole rings is 1. The average molecular weight is 440 g/mol. The predicted molar refractivity (Wildman–Crippen MR) is 126 cm³/mol. The summed E-state index contributed by atoms with van der Waals surface area (Å²) < 4.78 is 15.7. The Morgan fingerprint density at radius 2 is 1.79 bits per heavy atom. The van der Waals surface area contributed by atoms with Crippen molar-refractivity contribution in [2.45, 2.75) is 37.8 Å². The van der Waals surface area contributed by atoms with E-state index in [2.05, 4.69) is 22.4 Å². The van der Waals surface area contributed by atoms with E-state index in [4.69, 9.17) is 0 Å². The Morgan fingerprint density at radius 1 is 1.03 bits per heavy atom. The summed E-state index contributed by atoms with van der Waals surface area (Å²) in [5.41, 5.74) is 3.64. The number of halogens is 1. The molecule has 0 saturated carbocycles. The maximum absolute atomic E-state index is 13.7. The van der Waals surface area contributed by atoms with E-state index in [1.807, 2.05) is 65.4 Å². The van der Waals surface area contributed by atoms with Crippen LogP contribution in [0.3, 0.4) is 0 Å². The Hall–Kier alpha value is -3.73. The summed E-state index contributed by atoms with van der Waals surface area (Å²) in [6, 6.07) is 26.8. The fourth-order valence-electron chi connectivity index (χ4n) is 4.61. The molecule has 4 nitrogen and oxygen atoms in total. The number of aryl methyl sites for hydroxylation is 1. The number of amides is 1. The lowest BCUT2D eigenvalue weighted by Crippen LogP contribution is -2.30. The lowest BCUT2D eigenvalue weighted by Gasteiger charge is -2.24. The molecule has 0 aliphatic carbocycles. The van der Waals surface area contributed by atoms with Crippen LogP contribution in [0.25, 0.3) is 0 Å². The van der Waals surface area contributed by atoms with Crippen molar-refractivity contribution in [1.82, 2.24) is 14.9 Å². The van der Waals surface area contributed by atoms with Gasteiger partial charge in [-0.2, -0.15) is 0 Å². The van der Waals surface area contributed by atoms with Gasteiger partial charge in [0.05, 0.1) is 6.04 Å². The predicted octanol–water partition coefficient (Wildman–Crippen LogP) is 5.47. The van der Waals surface area contributed by atoms with Crippen molar-refractivity contribution in [2.24, 2.45) is 0 Å². The van der Waals surface area contributed by atoms with Crippen LogP contribution in [-0.2, 0) is 19.4 Å². The molecular formula is C28H26FN3O. The second-order valence-corrected chi connectivity index (χ2v) is 8.61. The maximum Gasteiger partial charge on any atom is 0.271 e. The molecule has 1 amide bonds. The zero-order chi connectivity index (χ0) is 22.6. The van der Waals surface area contributed by atoms with Crippen LogP contribution in [0.15, 0.2) is 91.1 Å². The van der Waals surface area contributed by atoms with Gasteiger partial charge in [-0.1, -0.05) is 72.8 Å². The molecule has 2 heterocycles. The first-order valence-corrected chi connectivity index (χ1v) is 11.4. The van der Waals surface area contributed by atoms with E-state index in [0.717, 1.165) is 35.4 Å². The minimum atomic E-state index is -0.214. The van der Waals surface area contributed by atoms with Crippen molar-refractivity contribution < 1.29 is 9.18 Å². The van der Waals surface area contributed by atoms with E-state index in [9.17, 15) is 9.18 Å². The Kier molecular flexibility index (Phi) is 6.03. The molecule has 2 atom stereocenters. The molecule has 0 spiro atoms. The first-order chi connectivity index (χ1) is 16.2. The molecule has 0 unspecified atom stereocenters. The largest absolute Gasteiger partial charge is 0.344 e. The zero-order valence-corrected chi connectivity index (χ0v) is 18.3. The molecule has 0 fully saturated rings. The molecule has 5 rings (SSSR count). The van der Waals surface area contributed by atoms with Gasteiger partial charge in [-0.3, -0.25) is 4.79 Å². The highest BCUT2D eigenvalue weighted by molar-refractivity contribution is 5.92. The highest BCUT2D eigenvalue weighted by atomic mass is 19.1. The van der Waals surface area contributed by atoms with Crippen molar-refractivity contribution >= 4 is 5.91 Å². The maximum atomic E-state index is 13.7. The molecule has 0 radical (unpaired) electrons. The van der Waals surface area contributed by atoms with Crippen molar-refractivity contribution in [1.29, 1.82) is 0 Å². The third-order valence-corrected chi connectivity index (χ3v) is 6.34. The van der Waals surface area contributed by atoms with Gasteiger partial charge in [0.1, 0.15) is 17.3 Å². The highest BCUT2D eigenvalue weighted by Gasteiger charge is 2.25. The van der Waals surface area contributed by atoms with Crippen LogP contribution in [0.2, 0.25) is 0 Å². The van der Waals surface area contributed by atoms with Crippen LogP contribution in [-0.4, -0.2) is 15.5 Å². The van der Waals surface area contributed by atoms with E-state index in [1.165, 1.54) is 6.07 Å².